The predicted molar refractivity (Wildman–Crippen MR) is 58.3 cm³/mol. The average molecular weight is 205 g/mol. The average Bonchev–Trinajstić information content (AvgIpc) is 2.23. The molecular weight excluding hydrogens is 190 g/mol. The van der Waals surface area contributed by atoms with Gasteiger partial charge in [-0.05, 0) is 31.1 Å². The number of ketones is 1. The first kappa shape index (κ1) is 10.2. The number of methoxy groups -OCH3 is 1. The number of carbonyl (C=O) groups excluding carboxylic acids is 1. The molecule has 1 heterocycles. The molecule has 1 N–H and O–H groups in total. The van der Waals surface area contributed by atoms with Crippen LogP contribution in [0.15, 0.2) is 24.3 Å². The van der Waals surface area contributed by atoms with E-state index in [1.54, 1.807) is 7.11 Å². The summed E-state index contributed by atoms with van der Waals surface area (Å²) in [6.07, 6.45) is 0.618. The first-order chi connectivity index (χ1) is 7.31. The van der Waals surface area contributed by atoms with Gasteiger partial charge in [0.1, 0.15) is 5.75 Å². The highest BCUT2D eigenvalue weighted by Crippen LogP contribution is 2.21. The molecule has 0 spiro atoms. The molecule has 15 heavy (non-hydrogen) atoms. The van der Waals surface area contributed by atoms with Gasteiger partial charge in [0.05, 0.1) is 12.7 Å². The molecule has 0 bridgehead atoms. The summed E-state index contributed by atoms with van der Waals surface area (Å²) in [7, 11) is 1.59. The molecule has 1 aromatic carbocycles. The van der Waals surface area contributed by atoms with Crippen molar-refractivity contribution in [2.75, 3.05) is 20.2 Å². The molecule has 1 fully saturated rings. The molecule has 0 radical (unpaired) electrons. The third-order valence-corrected chi connectivity index (χ3v) is 2.75. The van der Waals surface area contributed by atoms with Crippen molar-refractivity contribution in [3.63, 3.8) is 0 Å². The number of hydrogen-bond donors (Lipinski definition) is 1. The van der Waals surface area contributed by atoms with Crippen LogP contribution in [-0.2, 0) is 0 Å². The van der Waals surface area contributed by atoms with Crippen molar-refractivity contribution < 1.29 is 9.53 Å². The molecule has 0 atom stereocenters. The lowest BCUT2D eigenvalue weighted by atomic mass is 9.93. The van der Waals surface area contributed by atoms with Gasteiger partial charge in [0.2, 0.25) is 0 Å². The summed E-state index contributed by atoms with van der Waals surface area (Å²) in [5.41, 5.74) is 0.701. The van der Waals surface area contributed by atoms with Crippen molar-refractivity contribution in [3.8, 4) is 5.75 Å². The molecule has 0 saturated carbocycles. The number of nitrogens with one attached hydrogen (secondary N) is 1. The van der Waals surface area contributed by atoms with Gasteiger partial charge in [0, 0.05) is 6.42 Å². The van der Waals surface area contributed by atoms with Crippen molar-refractivity contribution in [1.82, 2.24) is 5.32 Å². The highest BCUT2D eigenvalue weighted by molar-refractivity contribution is 5.98. The second-order valence-electron chi connectivity index (χ2n) is 3.85. The van der Waals surface area contributed by atoms with E-state index in [-0.39, 0.29) is 5.78 Å². The minimum atomic E-state index is 0.180. The van der Waals surface area contributed by atoms with Crippen LogP contribution in [0.1, 0.15) is 16.8 Å². The van der Waals surface area contributed by atoms with E-state index < -0.39 is 0 Å². The van der Waals surface area contributed by atoms with E-state index in [1.165, 1.54) is 0 Å². The molecule has 2 rings (SSSR count). The molecule has 3 nitrogen and oxygen atoms in total. The van der Waals surface area contributed by atoms with E-state index in [2.05, 4.69) is 5.32 Å². The van der Waals surface area contributed by atoms with Crippen LogP contribution in [-0.4, -0.2) is 26.0 Å². The zero-order valence-corrected chi connectivity index (χ0v) is 8.82. The van der Waals surface area contributed by atoms with Gasteiger partial charge >= 0.3 is 0 Å². The Labute approximate surface area is 89.4 Å². The topological polar surface area (TPSA) is 38.3 Å². The Morgan fingerprint density at radius 1 is 1.47 bits per heavy atom. The summed E-state index contributed by atoms with van der Waals surface area (Å²) in [5, 5.41) is 3.16. The maximum Gasteiger partial charge on any atom is 0.166 e. The van der Waals surface area contributed by atoms with Crippen LogP contribution in [0.5, 0.6) is 5.75 Å². The minimum absolute atomic E-state index is 0.180. The Bertz CT molecular complexity index is 358. The number of ether oxygens (including phenoxy) is 1. The lowest BCUT2D eigenvalue weighted by Crippen LogP contribution is -2.42. The zero-order chi connectivity index (χ0) is 10.7. The molecule has 1 aromatic rings. The van der Waals surface area contributed by atoms with E-state index in [4.69, 9.17) is 4.74 Å². The fourth-order valence-electron chi connectivity index (χ4n) is 1.74. The minimum Gasteiger partial charge on any atom is -0.496 e. The first-order valence-corrected chi connectivity index (χ1v) is 5.18. The van der Waals surface area contributed by atoms with Crippen molar-refractivity contribution >= 4 is 5.78 Å². The molecule has 1 aliphatic rings. The lowest BCUT2D eigenvalue weighted by molar-refractivity contribution is 0.0942. The van der Waals surface area contributed by atoms with E-state index in [0.717, 1.165) is 13.1 Å². The lowest BCUT2D eigenvalue weighted by Gasteiger charge is -2.26. The third kappa shape index (κ3) is 2.18. The van der Waals surface area contributed by atoms with Gasteiger partial charge in [-0.15, -0.1) is 0 Å². The van der Waals surface area contributed by atoms with Crippen molar-refractivity contribution in [3.05, 3.63) is 29.8 Å². The van der Waals surface area contributed by atoms with Gasteiger partial charge in [-0.1, -0.05) is 12.1 Å². The van der Waals surface area contributed by atoms with E-state index in [9.17, 15) is 4.79 Å². The highest BCUT2D eigenvalue weighted by Gasteiger charge is 2.22. The normalized spacial score (nSPS) is 15.8. The van der Waals surface area contributed by atoms with Gasteiger partial charge in [-0.3, -0.25) is 4.79 Å². The maximum atomic E-state index is 11.9. The molecular formula is C12H15NO2. The Hall–Kier alpha value is -1.35. The largest absolute Gasteiger partial charge is 0.496 e. The summed E-state index contributed by atoms with van der Waals surface area (Å²) in [6, 6.07) is 7.40. The van der Waals surface area contributed by atoms with Crippen LogP contribution < -0.4 is 10.1 Å². The molecule has 0 aliphatic carbocycles. The Morgan fingerprint density at radius 3 is 2.80 bits per heavy atom. The van der Waals surface area contributed by atoms with E-state index >= 15 is 0 Å². The predicted octanol–water partition coefficient (Wildman–Crippen LogP) is 1.49. The molecule has 0 unspecified atom stereocenters. The smallest absolute Gasteiger partial charge is 0.166 e. The summed E-state index contributed by atoms with van der Waals surface area (Å²) in [6.45, 7) is 1.92. The van der Waals surface area contributed by atoms with Crippen molar-refractivity contribution in [1.29, 1.82) is 0 Å². The first-order valence-electron chi connectivity index (χ1n) is 5.18. The monoisotopic (exact) mass is 205 g/mol. The molecule has 1 aliphatic heterocycles. The number of hydrogen-bond acceptors (Lipinski definition) is 3. The van der Waals surface area contributed by atoms with Gasteiger partial charge in [-0.25, -0.2) is 0 Å². The van der Waals surface area contributed by atoms with E-state index in [1.807, 2.05) is 24.3 Å². The van der Waals surface area contributed by atoms with Gasteiger partial charge in [0.25, 0.3) is 0 Å². The highest BCUT2D eigenvalue weighted by atomic mass is 16.5. The number of carbonyl (C=O) groups is 1. The van der Waals surface area contributed by atoms with Crippen LogP contribution in [0.4, 0.5) is 0 Å². The number of Topliss-reactive ketones (excluding diaryl/α,β-unsaturated/α-hetero) is 1. The fourth-order valence-corrected chi connectivity index (χ4v) is 1.74. The number of benzene rings is 1. The quantitative estimate of drug-likeness (QED) is 0.757. The van der Waals surface area contributed by atoms with Crippen LogP contribution in [0.25, 0.3) is 0 Å². The van der Waals surface area contributed by atoms with Crippen LogP contribution >= 0.6 is 0 Å². The molecule has 80 valence electrons. The molecule has 0 amide bonds. The fraction of sp³-hybridized carbons (Fsp3) is 0.417. The summed E-state index contributed by atoms with van der Waals surface area (Å²) in [4.78, 5) is 11.9. The van der Waals surface area contributed by atoms with Crippen LogP contribution in [0, 0.1) is 5.92 Å². The Morgan fingerprint density at radius 2 is 2.20 bits per heavy atom. The number of para-hydroxylation sites is 1. The van der Waals surface area contributed by atoms with Gasteiger partial charge in [0.15, 0.2) is 5.78 Å². The summed E-state index contributed by atoms with van der Waals surface area (Å²) in [5.74, 6) is 1.36. The molecule has 3 heteroatoms. The second-order valence-corrected chi connectivity index (χ2v) is 3.85. The Balaban J connectivity index is 2.09. The van der Waals surface area contributed by atoms with E-state index in [0.29, 0.717) is 23.7 Å². The van der Waals surface area contributed by atoms with Gasteiger partial charge in [-0.2, -0.15) is 0 Å². The maximum absolute atomic E-state index is 11.9. The SMILES string of the molecule is COc1ccccc1C(=O)CC1CNC1. The Kier molecular flexibility index (Phi) is 3.02. The van der Waals surface area contributed by atoms with Crippen molar-refractivity contribution in [2.24, 2.45) is 5.92 Å². The second kappa shape index (κ2) is 4.45. The third-order valence-electron chi connectivity index (χ3n) is 2.75. The number of rotatable bonds is 4. The van der Waals surface area contributed by atoms with Crippen molar-refractivity contribution in [2.45, 2.75) is 6.42 Å². The summed E-state index contributed by atoms with van der Waals surface area (Å²) < 4.78 is 5.16. The van der Waals surface area contributed by atoms with Crippen LogP contribution in [0.3, 0.4) is 0 Å². The van der Waals surface area contributed by atoms with Crippen LogP contribution in [0.2, 0.25) is 0 Å². The zero-order valence-electron chi connectivity index (χ0n) is 8.82. The standard InChI is InChI=1S/C12H15NO2/c1-15-12-5-3-2-4-10(12)11(14)6-9-7-13-8-9/h2-5,9,13H,6-8H2,1H3. The summed E-state index contributed by atoms with van der Waals surface area (Å²) >= 11 is 0. The van der Waals surface area contributed by atoms with Gasteiger partial charge < -0.3 is 10.1 Å². The molecule has 0 aromatic heterocycles. The molecule has 1 saturated heterocycles.